The van der Waals surface area contributed by atoms with Gasteiger partial charge in [-0.25, -0.2) is 5.43 Å². The fourth-order valence-electron chi connectivity index (χ4n) is 2.10. The molecule has 1 rings (SSSR count). The molecule has 15 heavy (non-hydrogen) atoms. The van der Waals surface area contributed by atoms with E-state index in [9.17, 15) is 13.2 Å². The van der Waals surface area contributed by atoms with Gasteiger partial charge in [-0.2, -0.15) is 13.2 Å². The summed E-state index contributed by atoms with van der Waals surface area (Å²) in [5.74, 6) is 6.58. The summed E-state index contributed by atoms with van der Waals surface area (Å²) < 4.78 is 37.1. The summed E-state index contributed by atoms with van der Waals surface area (Å²) in [7, 11) is 0. The van der Waals surface area contributed by atoms with Crippen molar-refractivity contribution in [3.8, 4) is 12.3 Å². The van der Waals surface area contributed by atoms with Gasteiger partial charge in [0.1, 0.15) is 0 Å². The quantitative estimate of drug-likeness (QED) is 0.423. The van der Waals surface area contributed by atoms with Crippen LogP contribution in [0.2, 0.25) is 0 Å². The van der Waals surface area contributed by atoms with Crippen LogP contribution in [0.5, 0.6) is 0 Å². The Morgan fingerprint density at radius 1 is 1.27 bits per heavy atom. The Bertz CT molecular complexity index is 236. The lowest BCUT2D eigenvalue weighted by Crippen LogP contribution is -2.42. The number of nitrogens with two attached hydrogens (primary N) is 1. The van der Waals surface area contributed by atoms with E-state index in [-0.39, 0.29) is 24.8 Å². The zero-order valence-electron chi connectivity index (χ0n) is 8.35. The predicted octanol–water partition coefficient (Wildman–Crippen LogP) is 1.82. The molecule has 1 fully saturated rings. The Labute approximate surface area is 87.4 Å². The molecule has 86 valence electrons. The highest BCUT2D eigenvalue weighted by molar-refractivity contribution is 5.02. The molecule has 1 atom stereocenters. The van der Waals surface area contributed by atoms with Crippen molar-refractivity contribution in [1.82, 2.24) is 5.43 Å². The number of hydrogen-bond acceptors (Lipinski definition) is 2. The third kappa shape index (κ3) is 3.11. The van der Waals surface area contributed by atoms with Crippen molar-refractivity contribution in [3.63, 3.8) is 0 Å². The van der Waals surface area contributed by atoms with Crippen LogP contribution in [0.1, 0.15) is 25.7 Å². The Hall–Kier alpha value is -0.730. The Kier molecular flexibility index (Phi) is 4.00. The lowest BCUT2D eigenvalue weighted by atomic mass is 9.78. The van der Waals surface area contributed by atoms with E-state index in [1.54, 1.807) is 0 Å². The summed E-state index contributed by atoms with van der Waals surface area (Å²) in [5, 5.41) is 0. The molecule has 0 aromatic carbocycles. The molecule has 5 heteroatoms. The first kappa shape index (κ1) is 12.3. The molecule has 0 heterocycles. The van der Waals surface area contributed by atoms with Crippen molar-refractivity contribution in [2.75, 3.05) is 0 Å². The molecule has 1 aliphatic carbocycles. The van der Waals surface area contributed by atoms with Gasteiger partial charge in [-0.15, -0.1) is 6.42 Å². The molecule has 0 radical (unpaired) electrons. The highest BCUT2D eigenvalue weighted by atomic mass is 19.4. The molecule has 0 aromatic heterocycles. The average Bonchev–Trinajstić information content (AvgIpc) is 2.19. The maximum Gasteiger partial charge on any atom is 0.391 e. The summed E-state index contributed by atoms with van der Waals surface area (Å²) in [6.45, 7) is 0. The first-order chi connectivity index (χ1) is 6.99. The van der Waals surface area contributed by atoms with Crippen LogP contribution in [-0.4, -0.2) is 12.2 Å². The molecule has 0 spiro atoms. The largest absolute Gasteiger partial charge is 0.391 e. The summed E-state index contributed by atoms with van der Waals surface area (Å²) in [6.07, 6.45) is 2.46. The average molecular weight is 220 g/mol. The maximum atomic E-state index is 12.4. The normalized spacial score (nSPS) is 29.5. The molecule has 0 saturated heterocycles. The molecule has 0 bridgehead atoms. The van der Waals surface area contributed by atoms with E-state index in [1.165, 1.54) is 0 Å². The van der Waals surface area contributed by atoms with Gasteiger partial charge < -0.3 is 0 Å². The first-order valence-corrected chi connectivity index (χ1v) is 4.98. The molecule has 0 aliphatic heterocycles. The number of halogens is 3. The van der Waals surface area contributed by atoms with Crippen LogP contribution in [0.3, 0.4) is 0 Å². The van der Waals surface area contributed by atoms with Gasteiger partial charge in [-0.1, -0.05) is 5.92 Å². The van der Waals surface area contributed by atoms with Crippen LogP contribution in [0.4, 0.5) is 13.2 Å². The van der Waals surface area contributed by atoms with Gasteiger partial charge in [0, 0.05) is 0 Å². The summed E-state index contributed by atoms with van der Waals surface area (Å²) in [4.78, 5) is 0. The second kappa shape index (κ2) is 4.86. The minimum Gasteiger partial charge on any atom is -0.270 e. The number of terminal acetylenes is 1. The smallest absolute Gasteiger partial charge is 0.270 e. The lowest BCUT2D eigenvalue weighted by molar-refractivity contribution is -0.184. The van der Waals surface area contributed by atoms with Crippen LogP contribution in [-0.2, 0) is 0 Å². The van der Waals surface area contributed by atoms with Crippen molar-refractivity contribution >= 4 is 0 Å². The second-order valence-electron chi connectivity index (χ2n) is 3.96. The van der Waals surface area contributed by atoms with E-state index in [0.717, 1.165) is 0 Å². The zero-order chi connectivity index (χ0) is 11.5. The SMILES string of the molecule is C#CC(NN)C1CCC(C(F)(F)F)CC1. The topological polar surface area (TPSA) is 38.0 Å². The van der Waals surface area contributed by atoms with Crippen LogP contribution in [0.25, 0.3) is 0 Å². The zero-order valence-corrected chi connectivity index (χ0v) is 8.35. The molecular weight excluding hydrogens is 205 g/mol. The highest BCUT2D eigenvalue weighted by Crippen LogP contribution is 2.40. The van der Waals surface area contributed by atoms with Gasteiger partial charge in [-0.3, -0.25) is 5.84 Å². The van der Waals surface area contributed by atoms with Crippen molar-refractivity contribution in [1.29, 1.82) is 0 Å². The van der Waals surface area contributed by atoms with E-state index in [1.807, 2.05) is 0 Å². The summed E-state index contributed by atoms with van der Waals surface area (Å²) in [5.41, 5.74) is 2.46. The number of rotatable bonds is 2. The van der Waals surface area contributed by atoms with Gasteiger partial charge in [0.2, 0.25) is 0 Å². The molecule has 1 unspecified atom stereocenters. The Balaban J connectivity index is 2.46. The van der Waals surface area contributed by atoms with E-state index >= 15 is 0 Å². The summed E-state index contributed by atoms with van der Waals surface area (Å²) in [6, 6.07) is -0.306. The van der Waals surface area contributed by atoms with Crippen LogP contribution < -0.4 is 11.3 Å². The number of hydrazine groups is 1. The molecular formula is C10H15F3N2. The predicted molar refractivity (Wildman–Crippen MR) is 51.4 cm³/mol. The second-order valence-corrected chi connectivity index (χ2v) is 3.96. The molecule has 1 aliphatic rings. The van der Waals surface area contributed by atoms with Crippen molar-refractivity contribution in [2.24, 2.45) is 17.7 Å². The van der Waals surface area contributed by atoms with Crippen molar-refractivity contribution in [3.05, 3.63) is 0 Å². The van der Waals surface area contributed by atoms with Crippen LogP contribution in [0, 0.1) is 24.2 Å². The fraction of sp³-hybridized carbons (Fsp3) is 0.800. The van der Waals surface area contributed by atoms with E-state index in [4.69, 9.17) is 12.3 Å². The van der Waals surface area contributed by atoms with Crippen molar-refractivity contribution < 1.29 is 13.2 Å². The van der Waals surface area contributed by atoms with Gasteiger partial charge in [0.05, 0.1) is 12.0 Å². The molecule has 0 aromatic rings. The molecule has 0 amide bonds. The van der Waals surface area contributed by atoms with Crippen LogP contribution >= 0.6 is 0 Å². The van der Waals surface area contributed by atoms with Gasteiger partial charge in [-0.05, 0) is 31.6 Å². The molecule has 3 N–H and O–H groups in total. The number of hydrogen-bond donors (Lipinski definition) is 2. The Morgan fingerprint density at radius 2 is 1.80 bits per heavy atom. The number of nitrogens with one attached hydrogen (secondary N) is 1. The molecule has 1 saturated carbocycles. The fourth-order valence-corrected chi connectivity index (χ4v) is 2.10. The number of alkyl halides is 3. The van der Waals surface area contributed by atoms with E-state index in [0.29, 0.717) is 12.8 Å². The van der Waals surface area contributed by atoms with E-state index in [2.05, 4.69) is 11.3 Å². The van der Waals surface area contributed by atoms with E-state index < -0.39 is 12.1 Å². The highest BCUT2D eigenvalue weighted by Gasteiger charge is 2.42. The minimum atomic E-state index is -4.06. The monoisotopic (exact) mass is 220 g/mol. The third-order valence-electron chi connectivity index (χ3n) is 3.07. The van der Waals surface area contributed by atoms with Crippen molar-refractivity contribution in [2.45, 2.75) is 37.9 Å². The van der Waals surface area contributed by atoms with Gasteiger partial charge >= 0.3 is 6.18 Å². The summed E-state index contributed by atoms with van der Waals surface area (Å²) >= 11 is 0. The Morgan fingerprint density at radius 3 is 2.13 bits per heavy atom. The van der Waals surface area contributed by atoms with Crippen LogP contribution in [0.15, 0.2) is 0 Å². The third-order valence-corrected chi connectivity index (χ3v) is 3.07. The molecule has 2 nitrogen and oxygen atoms in total. The standard InChI is InChI=1S/C10H15F3N2/c1-2-9(15-14)7-3-5-8(6-4-7)10(11,12)13/h1,7-9,15H,3-6,14H2. The maximum absolute atomic E-state index is 12.4. The first-order valence-electron chi connectivity index (χ1n) is 4.98. The van der Waals surface area contributed by atoms with Gasteiger partial charge in [0.25, 0.3) is 0 Å². The lowest BCUT2D eigenvalue weighted by Gasteiger charge is -2.32. The minimum absolute atomic E-state index is 0.0681. The van der Waals surface area contributed by atoms with Gasteiger partial charge in [0.15, 0.2) is 0 Å².